The molecule has 0 radical (unpaired) electrons. The summed E-state index contributed by atoms with van der Waals surface area (Å²) in [5, 5.41) is 19.3. The maximum atomic E-state index is 8.95. The number of aromatic amines is 1. The monoisotopic (exact) mass is 320 g/mol. The SMILES string of the molecule is COCc1[nH]nc(Nc2nccc(C#N)n2)c1-c1ccc(C)cc1. The van der Waals surface area contributed by atoms with Gasteiger partial charge < -0.3 is 10.1 Å². The maximum absolute atomic E-state index is 8.95. The lowest BCUT2D eigenvalue weighted by molar-refractivity contribution is 0.182. The molecule has 24 heavy (non-hydrogen) atoms. The first-order valence-corrected chi connectivity index (χ1v) is 7.34. The molecule has 0 fully saturated rings. The number of nitriles is 1. The molecule has 0 saturated heterocycles. The van der Waals surface area contributed by atoms with Crippen molar-refractivity contribution in [2.75, 3.05) is 12.4 Å². The summed E-state index contributed by atoms with van der Waals surface area (Å²) in [5.41, 5.74) is 4.20. The predicted molar refractivity (Wildman–Crippen MR) is 89.5 cm³/mol. The third-order valence-corrected chi connectivity index (χ3v) is 3.47. The van der Waals surface area contributed by atoms with Gasteiger partial charge in [-0.2, -0.15) is 10.4 Å². The van der Waals surface area contributed by atoms with Crippen LogP contribution in [0.25, 0.3) is 11.1 Å². The van der Waals surface area contributed by atoms with Crippen LogP contribution in [0.15, 0.2) is 36.5 Å². The van der Waals surface area contributed by atoms with Crippen LogP contribution in [-0.4, -0.2) is 27.3 Å². The molecule has 0 aliphatic heterocycles. The van der Waals surface area contributed by atoms with Gasteiger partial charge in [-0.05, 0) is 18.6 Å². The third kappa shape index (κ3) is 3.24. The van der Waals surface area contributed by atoms with Crippen LogP contribution in [0.4, 0.5) is 11.8 Å². The highest BCUT2D eigenvalue weighted by molar-refractivity contribution is 5.79. The second kappa shape index (κ2) is 6.89. The molecule has 7 heteroatoms. The van der Waals surface area contributed by atoms with Gasteiger partial charge in [0.2, 0.25) is 5.95 Å². The molecule has 0 unspecified atom stereocenters. The first-order chi connectivity index (χ1) is 11.7. The molecule has 0 aliphatic rings. The third-order valence-electron chi connectivity index (χ3n) is 3.47. The van der Waals surface area contributed by atoms with Crippen LogP contribution >= 0.6 is 0 Å². The molecule has 0 atom stereocenters. The van der Waals surface area contributed by atoms with E-state index in [9.17, 15) is 0 Å². The molecular weight excluding hydrogens is 304 g/mol. The van der Waals surface area contributed by atoms with Crippen LogP contribution in [0.2, 0.25) is 0 Å². The average molecular weight is 320 g/mol. The van der Waals surface area contributed by atoms with E-state index in [2.05, 4.69) is 25.5 Å². The summed E-state index contributed by atoms with van der Waals surface area (Å²) in [4.78, 5) is 8.25. The number of ether oxygens (including phenoxy) is 1. The van der Waals surface area contributed by atoms with Crippen molar-refractivity contribution < 1.29 is 4.74 Å². The minimum Gasteiger partial charge on any atom is -0.378 e. The lowest BCUT2D eigenvalue weighted by Crippen LogP contribution is -2.00. The Labute approximate surface area is 139 Å². The number of rotatable bonds is 5. The molecule has 2 aromatic heterocycles. The molecule has 1 aromatic carbocycles. The van der Waals surface area contributed by atoms with E-state index < -0.39 is 0 Å². The zero-order chi connectivity index (χ0) is 16.9. The number of nitrogens with zero attached hydrogens (tertiary/aromatic N) is 4. The maximum Gasteiger partial charge on any atom is 0.229 e. The summed E-state index contributed by atoms with van der Waals surface area (Å²) in [6.45, 7) is 2.44. The lowest BCUT2D eigenvalue weighted by atomic mass is 10.0. The highest BCUT2D eigenvalue weighted by atomic mass is 16.5. The molecule has 120 valence electrons. The molecule has 2 N–H and O–H groups in total. The molecule has 0 bridgehead atoms. The topological polar surface area (TPSA) is 99.5 Å². The standard InChI is InChI=1S/C17H16N6O/c1-11-3-5-12(6-4-11)15-14(10-24-2)22-23-16(15)21-17-19-8-7-13(9-18)20-17/h3-8H,10H2,1-2H3,(H2,19,20,21,22,23). The largest absolute Gasteiger partial charge is 0.378 e. The van der Waals surface area contributed by atoms with Gasteiger partial charge in [-0.3, -0.25) is 5.10 Å². The average Bonchev–Trinajstić information content (AvgIpc) is 2.98. The van der Waals surface area contributed by atoms with Gasteiger partial charge in [-0.15, -0.1) is 0 Å². The van der Waals surface area contributed by atoms with Crippen LogP contribution in [-0.2, 0) is 11.3 Å². The number of anilines is 2. The van der Waals surface area contributed by atoms with Crippen molar-refractivity contribution in [2.24, 2.45) is 0 Å². The predicted octanol–water partition coefficient (Wildman–Crippen LogP) is 2.94. The Balaban J connectivity index is 2.01. The Morgan fingerprint density at radius 2 is 2.04 bits per heavy atom. The normalized spacial score (nSPS) is 10.4. The highest BCUT2D eigenvalue weighted by Gasteiger charge is 2.16. The van der Waals surface area contributed by atoms with Gasteiger partial charge in [-0.1, -0.05) is 29.8 Å². The van der Waals surface area contributed by atoms with E-state index in [0.29, 0.717) is 18.4 Å². The van der Waals surface area contributed by atoms with Crippen LogP contribution < -0.4 is 5.32 Å². The minimum atomic E-state index is 0.289. The molecular formula is C17H16N6O. The van der Waals surface area contributed by atoms with Gasteiger partial charge in [-0.25, -0.2) is 9.97 Å². The lowest BCUT2D eigenvalue weighted by Gasteiger charge is -2.08. The fraction of sp³-hybridized carbons (Fsp3) is 0.176. The van der Waals surface area contributed by atoms with Crippen molar-refractivity contribution in [2.45, 2.75) is 13.5 Å². The molecule has 0 aliphatic carbocycles. The van der Waals surface area contributed by atoms with Gasteiger partial charge in [0.25, 0.3) is 0 Å². The van der Waals surface area contributed by atoms with Crippen molar-refractivity contribution in [3.8, 4) is 17.2 Å². The second-order valence-corrected chi connectivity index (χ2v) is 5.23. The molecule has 0 amide bonds. The molecule has 0 saturated carbocycles. The Hall–Kier alpha value is -3.24. The van der Waals surface area contributed by atoms with E-state index in [1.54, 1.807) is 13.2 Å². The van der Waals surface area contributed by atoms with E-state index in [0.717, 1.165) is 16.8 Å². The van der Waals surface area contributed by atoms with Gasteiger partial charge in [0, 0.05) is 18.9 Å². The molecule has 3 aromatic rings. The Morgan fingerprint density at radius 1 is 1.25 bits per heavy atom. The van der Waals surface area contributed by atoms with Crippen molar-refractivity contribution in [3.05, 3.63) is 53.5 Å². The van der Waals surface area contributed by atoms with Gasteiger partial charge in [0.05, 0.1) is 12.3 Å². The number of nitrogens with one attached hydrogen (secondary N) is 2. The Bertz CT molecular complexity index is 879. The van der Waals surface area contributed by atoms with Gasteiger partial charge >= 0.3 is 0 Å². The number of methoxy groups -OCH3 is 1. The van der Waals surface area contributed by atoms with Crippen LogP contribution in [0.1, 0.15) is 17.0 Å². The summed E-state index contributed by atoms with van der Waals surface area (Å²) in [6, 6.07) is 11.7. The molecule has 0 spiro atoms. The van der Waals surface area contributed by atoms with E-state index in [1.807, 2.05) is 37.3 Å². The highest BCUT2D eigenvalue weighted by Crippen LogP contribution is 2.31. The van der Waals surface area contributed by atoms with E-state index in [1.165, 1.54) is 11.8 Å². The van der Waals surface area contributed by atoms with Crippen LogP contribution in [0.3, 0.4) is 0 Å². The first kappa shape index (κ1) is 15.6. The first-order valence-electron chi connectivity index (χ1n) is 7.34. The number of aryl methyl sites for hydroxylation is 1. The molecule has 3 rings (SSSR count). The molecule has 7 nitrogen and oxygen atoms in total. The zero-order valence-electron chi connectivity index (χ0n) is 13.4. The fourth-order valence-electron chi connectivity index (χ4n) is 2.34. The van der Waals surface area contributed by atoms with Gasteiger partial charge in [0.1, 0.15) is 11.8 Å². The zero-order valence-corrected chi connectivity index (χ0v) is 13.4. The number of benzene rings is 1. The van der Waals surface area contributed by atoms with Crippen molar-refractivity contribution >= 4 is 11.8 Å². The van der Waals surface area contributed by atoms with Crippen molar-refractivity contribution in [1.82, 2.24) is 20.2 Å². The second-order valence-electron chi connectivity index (χ2n) is 5.23. The van der Waals surface area contributed by atoms with Crippen LogP contribution in [0, 0.1) is 18.3 Å². The summed E-state index contributed by atoms with van der Waals surface area (Å²) >= 11 is 0. The Morgan fingerprint density at radius 3 is 2.75 bits per heavy atom. The van der Waals surface area contributed by atoms with Gasteiger partial charge in [0.15, 0.2) is 5.82 Å². The number of H-pyrrole nitrogens is 1. The number of hydrogen-bond donors (Lipinski definition) is 2. The quantitative estimate of drug-likeness (QED) is 0.750. The van der Waals surface area contributed by atoms with E-state index in [-0.39, 0.29) is 5.69 Å². The fourth-order valence-corrected chi connectivity index (χ4v) is 2.34. The van der Waals surface area contributed by atoms with Crippen molar-refractivity contribution in [1.29, 1.82) is 5.26 Å². The number of aromatic nitrogens is 4. The summed E-state index contributed by atoms with van der Waals surface area (Å²) < 4.78 is 5.24. The molecule has 2 heterocycles. The summed E-state index contributed by atoms with van der Waals surface area (Å²) in [7, 11) is 1.63. The van der Waals surface area contributed by atoms with E-state index >= 15 is 0 Å². The summed E-state index contributed by atoms with van der Waals surface area (Å²) in [5.74, 6) is 0.902. The number of hydrogen-bond acceptors (Lipinski definition) is 6. The smallest absolute Gasteiger partial charge is 0.229 e. The minimum absolute atomic E-state index is 0.289. The van der Waals surface area contributed by atoms with E-state index in [4.69, 9.17) is 10.00 Å². The summed E-state index contributed by atoms with van der Waals surface area (Å²) in [6.07, 6.45) is 1.53. The van der Waals surface area contributed by atoms with Crippen LogP contribution in [0.5, 0.6) is 0 Å². The Kier molecular flexibility index (Phi) is 4.50. The van der Waals surface area contributed by atoms with Crippen molar-refractivity contribution in [3.63, 3.8) is 0 Å².